The molecule has 1 fully saturated rings. The highest BCUT2D eigenvalue weighted by molar-refractivity contribution is 9.10. The molecular formula is C11H12BrNO2. The zero-order valence-electron chi connectivity index (χ0n) is 8.16. The van der Waals surface area contributed by atoms with Crippen molar-refractivity contribution in [2.75, 3.05) is 0 Å². The quantitative estimate of drug-likeness (QED) is 0.883. The molecule has 0 atom stereocenters. The highest BCUT2D eigenvalue weighted by Crippen LogP contribution is 2.21. The zero-order valence-corrected chi connectivity index (χ0v) is 9.75. The monoisotopic (exact) mass is 269 g/mol. The maximum Gasteiger partial charge on any atom is 0.336 e. The SMILES string of the molecule is O=C(O)c1cc(Br)ccc1CNC1CC1. The van der Waals surface area contributed by atoms with Crippen LogP contribution >= 0.6 is 15.9 Å². The second-order valence-electron chi connectivity index (χ2n) is 3.76. The van der Waals surface area contributed by atoms with Crippen molar-refractivity contribution < 1.29 is 9.90 Å². The van der Waals surface area contributed by atoms with Gasteiger partial charge in [0.2, 0.25) is 0 Å². The van der Waals surface area contributed by atoms with Gasteiger partial charge in [0.15, 0.2) is 0 Å². The Labute approximate surface area is 96.6 Å². The van der Waals surface area contributed by atoms with E-state index in [0.717, 1.165) is 10.0 Å². The van der Waals surface area contributed by atoms with Crippen LogP contribution in [0.3, 0.4) is 0 Å². The van der Waals surface area contributed by atoms with Crippen LogP contribution in [0.5, 0.6) is 0 Å². The van der Waals surface area contributed by atoms with E-state index in [1.165, 1.54) is 12.8 Å². The number of aromatic carboxylic acids is 1. The Hall–Kier alpha value is -0.870. The van der Waals surface area contributed by atoms with Gasteiger partial charge in [-0.3, -0.25) is 0 Å². The Morgan fingerprint density at radius 3 is 2.87 bits per heavy atom. The number of carboxylic acids is 1. The van der Waals surface area contributed by atoms with Gasteiger partial charge in [-0.25, -0.2) is 4.79 Å². The van der Waals surface area contributed by atoms with Crippen LogP contribution in [-0.2, 0) is 6.54 Å². The van der Waals surface area contributed by atoms with Gasteiger partial charge < -0.3 is 10.4 Å². The van der Waals surface area contributed by atoms with Gasteiger partial charge in [-0.15, -0.1) is 0 Å². The first-order chi connectivity index (χ1) is 7.16. The van der Waals surface area contributed by atoms with E-state index in [-0.39, 0.29) is 0 Å². The molecule has 0 unspecified atom stereocenters. The Kier molecular flexibility index (Phi) is 3.07. The molecule has 0 aromatic heterocycles. The fourth-order valence-electron chi connectivity index (χ4n) is 1.44. The van der Waals surface area contributed by atoms with Crippen LogP contribution in [0.4, 0.5) is 0 Å². The molecule has 1 aliphatic rings. The maximum absolute atomic E-state index is 11.0. The predicted molar refractivity (Wildman–Crippen MR) is 61.0 cm³/mol. The molecule has 3 nitrogen and oxygen atoms in total. The molecular weight excluding hydrogens is 258 g/mol. The lowest BCUT2D eigenvalue weighted by Crippen LogP contribution is -2.17. The summed E-state index contributed by atoms with van der Waals surface area (Å²) in [7, 11) is 0. The standard InChI is InChI=1S/C11H12BrNO2/c12-8-2-1-7(6-13-9-3-4-9)10(5-8)11(14)15/h1-2,5,9,13H,3-4,6H2,(H,14,15). The summed E-state index contributed by atoms with van der Waals surface area (Å²) < 4.78 is 0.801. The number of hydrogen-bond donors (Lipinski definition) is 2. The number of carbonyl (C=O) groups is 1. The number of halogens is 1. The molecule has 0 radical (unpaired) electrons. The van der Waals surface area contributed by atoms with Crippen LogP contribution in [0.15, 0.2) is 22.7 Å². The maximum atomic E-state index is 11.0. The molecule has 1 aromatic carbocycles. The Morgan fingerprint density at radius 2 is 2.27 bits per heavy atom. The molecule has 1 aliphatic carbocycles. The van der Waals surface area contributed by atoms with Gasteiger partial charge >= 0.3 is 5.97 Å². The third-order valence-corrected chi connectivity index (χ3v) is 2.95. The number of carboxylic acid groups (broad SMARTS) is 1. The van der Waals surface area contributed by atoms with E-state index in [1.807, 2.05) is 12.1 Å². The third-order valence-electron chi connectivity index (χ3n) is 2.46. The predicted octanol–water partition coefficient (Wildman–Crippen LogP) is 2.40. The van der Waals surface area contributed by atoms with Crippen LogP contribution in [-0.4, -0.2) is 17.1 Å². The molecule has 4 heteroatoms. The molecule has 0 heterocycles. The molecule has 0 bridgehead atoms. The van der Waals surface area contributed by atoms with Gasteiger partial charge in [0.1, 0.15) is 0 Å². The number of benzene rings is 1. The second-order valence-corrected chi connectivity index (χ2v) is 4.68. The van der Waals surface area contributed by atoms with E-state index < -0.39 is 5.97 Å². The molecule has 80 valence electrons. The summed E-state index contributed by atoms with van der Waals surface area (Å²) >= 11 is 3.27. The van der Waals surface area contributed by atoms with Crippen molar-refractivity contribution in [3.05, 3.63) is 33.8 Å². The van der Waals surface area contributed by atoms with Gasteiger partial charge in [-0.2, -0.15) is 0 Å². The molecule has 0 saturated heterocycles. The minimum Gasteiger partial charge on any atom is -0.478 e. The lowest BCUT2D eigenvalue weighted by Gasteiger charge is -2.07. The van der Waals surface area contributed by atoms with Gasteiger partial charge in [0.25, 0.3) is 0 Å². The normalized spacial score (nSPS) is 15.3. The summed E-state index contributed by atoms with van der Waals surface area (Å²) in [6.07, 6.45) is 2.41. The largest absolute Gasteiger partial charge is 0.478 e. The lowest BCUT2D eigenvalue weighted by atomic mass is 10.1. The fourth-order valence-corrected chi connectivity index (χ4v) is 1.80. The molecule has 1 aromatic rings. The van der Waals surface area contributed by atoms with E-state index in [2.05, 4.69) is 21.2 Å². The molecule has 15 heavy (non-hydrogen) atoms. The van der Waals surface area contributed by atoms with Crippen molar-refractivity contribution in [3.63, 3.8) is 0 Å². The van der Waals surface area contributed by atoms with Crippen molar-refractivity contribution in [2.45, 2.75) is 25.4 Å². The van der Waals surface area contributed by atoms with Crippen LogP contribution < -0.4 is 5.32 Å². The second kappa shape index (κ2) is 4.33. The third kappa shape index (κ3) is 2.79. The Balaban J connectivity index is 2.15. The highest BCUT2D eigenvalue weighted by atomic mass is 79.9. The van der Waals surface area contributed by atoms with E-state index in [9.17, 15) is 4.79 Å². The molecule has 0 amide bonds. The van der Waals surface area contributed by atoms with E-state index in [4.69, 9.17) is 5.11 Å². The first-order valence-electron chi connectivity index (χ1n) is 4.92. The molecule has 2 rings (SSSR count). The Morgan fingerprint density at radius 1 is 1.53 bits per heavy atom. The number of hydrogen-bond acceptors (Lipinski definition) is 2. The zero-order chi connectivity index (χ0) is 10.8. The van der Waals surface area contributed by atoms with Crippen LogP contribution in [0.2, 0.25) is 0 Å². The van der Waals surface area contributed by atoms with Crippen LogP contribution in [0.25, 0.3) is 0 Å². The average molecular weight is 270 g/mol. The van der Waals surface area contributed by atoms with E-state index >= 15 is 0 Å². The summed E-state index contributed by atoms with van der Waals surface area (Å²) in [5.41, 5.74) is 1.22. The minimum atomic E-state index is -0.871. The van der Waals surface area contributed by atoms with E-state index in [0.29, 0.717) is 18.2 Å². The minimum absolute atomic E-state index is 0.373. The highest BCUT2D eigenvalue weighted by Gasteiger charge is 2.21. The summed E-state index contributed by atoms with van der Waals surface area (Å²) in [6, 6.07) is 5.96. The topological polar surface area (TPSA) is 49.3 Å². The smallest absolute Gasteiger partial charge is 0.336 e. The molecule has 2 N–H and O–H groups in total. The first kappa shape index (κ1) is 10.6. The Bertz CT molecular complexity index is 388. The fraction of sp³-hybridized carbons (Fsp3) is 0.364. The lowest BCUT2D eigenvalue weighted by molar-refractivity contribution is 0.0695. The van der Waals surface area contributed by atoms with Gasteiger partial charge in [0, 0.05) is 17.1 Å². The summed E-state index contributed by atoms with van der Waals surface area (Å²) in [4.78, 5) is 11.0. The molecule has 1 saturated carbocycles. The summed E-state index contributed by atoms with van der Waals surface area (Å²) in [6.45, 7) is 0.638. The number of nitrogens with one attached hydrogen (secondary N) is 1. The average Bonchev–Trinajstić information content (AvgIpc) is 2.99. The van der Waals surface area contributed by atoms with Gasteiger partial charge in [-0.05, 0) is 30.5 Å². The first-order valence-corrected chi connectivity index (χ1v) is 5.71. The summed E-state index contributed by atoms with van der Waals surface area (Å²) in [5.74, 6) is -0.871. The number of rotatable bonds is 4. The molecule has 0 spiro atoms. The van der Waals surface area contributed by atoms with Gasteiger partial charge in [0.05, 0.1) is 5.56 Å². The van der Waals surface area contributed by atoms with E-state index in [1.54, 1.807) is 6.07 Å². The van der Waals surface area contributed by atoms with Gasteiger partial charge in [-0.1, -0.05) is 22.0 Å². The van der Waals surface area contributed by atoms with Crippen molar-refractivity contribution in [1.82, 2.24) is 5.32 Å². The van der Waals surface area contributed by atoms with Crippen LogP contribution in [0, 0.1) is 0 Å². The van der Waals surface area contributed by atoms with Crippen molar-refractivity contribution in [2.24, 2.45) is 0 Å². The van der Waals surface area contributed by atoms with Crippen molar-refractivity contribution >= 4 is 21.9 Å². The molecule has 0 aliphatic heterocycles. The van der Waals surface area contributed by atoms with Crippen molar-refractivity contribution in [1.29, 1.82) is 0 Å². The van der Waals surface area contributed by atoms with Crippen LogP contribution in [0.1, 0.15) is 28.8 Å². The van der Waals surface area contributed by atoms with Crippen molar-refractivity contribution in [3.8, 4) is 0 Å². The summed E-state index contributed by atoms with van der Waals surface area (Å²) in [5, 5.41) is 12.3.